The summed E-state index contributed by atoms with van der Waals surface area (Å²) < 4.78 is 1.92. The number of aryl methyl sites for hydroxylation is 1. The van der Waals surface area contributed by atoms with Gasteiger partial charge in [-0.2, -0.15) is 0 Å². The summed E-state index contributed by atoms with van der Waals surface area (Å²) >= 11 is 0. The van der Waals surface area contributed by atoms with E-state index < -0.39 is 0 Å². The van der Waals surface area contributed by atoms with Gasteiger partial charge in [-0.25, -0.2) is 15.0 Å². The maximum atomic E-state index is 4.22. The van der Waals surface area contributed by atoms with Crippen LogP contribution in [0.1, 0.15) is 34.6 Å². The van der Waals surface area contributed by atoms with E-state index in [9.17, 15) is 0 Å². The van der Waals surface area contributed by atoms with Crippen LogP contribution in [0.3, 0.4) is 0 Å². The lowest BCUT2D eigenvalue weighted by atomic mass is 10.3. The fraction of sp³-hybridized carbons (Fsp3) is 0.438. The van der Waals surface area contributed by atoms with Crippen LogP contribution in [0.2, 0.25) is 0 Å². The number of nitrogens with one attached hydrogen (secondary N) is 1. The van der Waals surface area contributed by atoms with Gasteiger partial charge in [0.1, 0.15) is 11.8 Å². The van der Waals surface area contributed by atoms with Crippen LogP contribution in [0, 0.1) is 0 Å². The van der Waals surface area contributed by atoms with Crippen LogP contribution < -0.4 is 5.32 Å². The van der Waals surface area contributed by atoms with Crippen molar-refractivity contribution in [2.45, 2.75) is 34.6 Å². The predicted octanol–water partition coefficient (Wildman–Crippen LogP) is 3.96. The first kappa shape index (κ1) is 18.8. The molecule has 0 aliphatic heterocycles. The molecule has 5 heteroatoms. The van der Waals surface area contributed by atoms with Gasteiger partial charge in [0, 0.05) is 13.6 Å². The van der Waals surface area contributed by atoms with Gasteiger partial charge in [-0.1, -0.05) is 31.6 Å². The molecule has 0 saturated carbocycles. The van der Waals surface area contributed by atoms with Crippen molar-refractivity contribution >= 4 is 17.0 Å². The highest BCUT2D eigenvalue weighted by molar-refractivity contribution is 5.82. The Morgan fingerprint density at radius 3 is 2.48 bits per heavy atom. The lowest BCUT2D eigenvalue weighted by Crippen LogP contribution is -2.03. The van der Waals surface area contributed by atoms with E-state index >= 15 is 0 Å². The maximum absolute atomic E-state index is 4.22. The smallest absolute Gasteiger partial charge is 0.182 e. The molecule has 0 saturated heterocycles. The van der Waals surface area contributed by atoms with Gasteiger partial charge in [-0.15, -0.1) is 6.58 Å². The van der Waals surface area contributed by atoms with Crippen molar-refractivity contribution in [3.8, 4) is 0 Å². The molecule has 116 valence electrons. The van der Waals surface area contributed by atoms with Crippen LogP contribution in [0.25, 0.3) is 11.2 Å². The molecule has 21 heavy (non-hydrogen) atoms. The van der Waals surface area contributed by atoms with Crippen LogP contribution >= 0.6 is 0 Å². The number of rotatable bonds is 3. The maximum Gasteiger partial charge on any atom is 0.182 e. The van der Waals surface area contributed by atoms with E-state index in [0.29, 0.717) is 0 Å². The molecule has 5 nitrogen and oxygen atoms in total. The largest absolute Gasteiger partial charge is 0.365 e. The van der Waals surface area contributed by atoms with E-state index in [4.69, 9.17) is 0 Å². The molecule has 0 bridgehead atoms. The number of nitrogens with zero attached hydrogens (tertiary/aromatic N) is 4. The first-order valence-corrected chi connectivity index (χ1v) is 7.16. The van der Waals surface area contributed by atoms with Gasteiger partial charge in [0.15, 0.2) is 11.5 Å². The second kappa shape index (κ2) is 10.6. The fourth-order valence-electron chi connectivity index (χ4n) is 1.47. The monoisotopic (exact) mass is 289 g/mol. The molecule has 0 fully saturated rings. The molecular formula is C16H27N5. The minimum absolute atomic E-state index is 0.720. The lowest BCUT2D eigenvalue weighted by Gasteiger charge is -2.04. The minimum Gasteiger partial charge on any atom is -0.365 e. The Bertz CT molecular complexity index is 565. The van der Waals surface area contributed by atoms with Crippen LogP contribution in [0.5, 0.6) is 0 Å². The molecule has 0 spiro atoms. The fourth-order valence-corrected chi connectivity index (χ4v) is 1.47. The highest BCUT2D eigenvalue weighted by atomic mass is 15.1. The first-order valence-electron chi connectivity index (χ1n) is 7.16. The number of hydrogen-bond donors (Lipinski definition) is 1. The molecule has 2 rings (SSSR count). The molecule has 1 N–H and O–H groups in total. The lowest BCUT2D eigenvalue weighted by molar-refractivity contribution is 0.944. The highest BCUT2D eigenvalue weighted by Crippen LogP contribution is 2.16. The van der Waals surface area contributed by atoms with Crippen LogP contribution in [0.4, 0.5) is 5.82 Å². The van der Waals surface area contributed by atoms with Crippen molar-refractivity contribution in [3.63, 3.8) is 0 Å². The molecule has 0 unspecified atom stereocenters. The standard InChI is InChI=1S/C11H15N5.C3H6.C2H6/c1-8(2)4-5-12-10-9-11(14-6-13-10)15-7-16(9)3;1-3-2;1-2/h4,6-7H,5H2,1-3H3,(H,12,13,14);3H,1H2,2H3;1-2H3. The average Bonchev–Trinajstić information content (AvgIpc) is 2.84. The molecule has 0 amide bonds. The number of anilines is 1. The van der Waals surface area contributed by atoms with Crippen LogP contribution in [-0.2, 0) is 7.05 Å². The van der Waals surface area contributed by atoms with E-state index in [-0.39, 0.29) is 0 Å². The molecule has 0 aliphatic rings. The van der Waals surface area contributed by atoms with Crippen molar-refractivity contribution < 1.29 is 0 Å². The van der Waals surface area contributed by atoms with Crippen molar-refractivity contribution in [1.29, 1.82) is 0 Å². The Hall–Kier alpha value is -2.17. The third-order valence-corrected chi connectivity index (χ3v) is 2.29. The minimum atomic E-state index is 0.720. The summed E-state index contributed by atoms with van der Waals surface area (Å²) in [7, 11) is 1.94. The summed E-state index contributed by atoms with van der Waals surface area (Å²) in [5, 5.41) is 3.26. The average molecular weight is 289 g/mol. The number of aromatic nitrogens is 4. The Morgan fingerprint density at radius 2 is 1.90 bits per heavy atom. The Morgan fingerprint density at radius 1 is 1.29 bits per heavy atom. The van der Waals surface area contributed by atoms with Gasteiger partial charge in [-0.3, -0.25) is 0 Å². The molecule has 2 heterocycles. The second-order valence-electron chi connectivity index (χ2n) is 4.32. The third-order valence-electron chi connectivity index (χ3n) is 2.29. The molecule has 0 radical (unpaired) electrons. The van der Waals surface area contributed by atoms with Gasteiger partial charge in [0.25, 0.3) is 0 Å². The Kier molecular flexibility index (Phi) is 9.50. The molecule has 2 aromatic rings. The zero-order chi connectivity index (χ0) is 16.3. The summed E-state index contributed by atoms with van der Waals surface area (Å²) in [6.45, 7) is 14.2. The summed E-state index contributed by atoms with van der Waals surface area (Å²) in [6, 6.07) is 0. The third kappa shape index (κ3) is 6.21. The van der Waals surface area contributed by atoms with Crippen molar-refractivity contribution in [1.82, 2.24) is 19.5 Å². The summed E-state index contributed by atoms with van der Waals surface area (Å²) in [5.41, 5.74) is 2.93. The molecule has 0 atom stereocenters. The van der Waals surface area contributed by atoms with Crippen LogP contribution in [-0.4, -0.2) is 26.1 Å². The highest BCUT2D eigenvalue weighted by Gasteiger charge is 2.06. The van der Waals surface area contributed by atoms with Crippen molar-refractivity contribution in [3.05, 3.63) is 37.0 Å². The number of hydrogen-bond acceptors (Lipinski definition) is 4. The Labute approximate surface area is 127 Å². The number of allylic oxidation sites excluding steroid dienone is 2. The van der Waals surface area contributed by atoms with E-state index in [1.54, 1.807) is 12.4 Å². The van der Waals surface area contributed by atoms with Gasteiger partial charge >= 0.3 is 0 Å². The quantitative estimate of drug-likeness (QED) is 0.869. The van der Waals surface area contributed by atoms with Gasteiger partial charge in [0.2, 0.25) is 0 Å². The van der Waals surface area contributed by atoms with Gasteiger partial charge < -0.3 is 9.88 Å². The van der Waals surface area contributed by atoms with Crippen molar-refractivity contribution in [2.24, 2.45) is 7.05 Å². The van der Waals surface area contributed by atoms with Crippen LogP contribution in [0.15, 0.2) is 37.0 Å². The number of imidazole rings is 1. The normalized spacial score (nSPS) is 8.86. The van der Waals surface area contributed by atoms with Crippen molar-refractivity contribution in [2.75, 3.05) is 11.9 Å². The summed E-state index contributed by atoms with van der Waals surface area (Å²) in [4.78, 5) is 12.5. The zero-order valence-electron chi connectivity index (χ0n) is 14.0. The predicted molar refractivity (Wildman–Crippen MR) is 91.4 cm³/mol. The molecule has 0 aliphatic carbocycles. The first-order chi connectivity index (χ1) is 10.1. The van der Waals surface area contributed by atoms with Gasteiger partial charge in [-0.05, 0) is 20.8 Å². The summed E-state index contributed by atoms with van der Waals surface area (Å²) in [6.07, 6.45) is 7.13. The Balaban J connectivity index is 0.000000713. The second-order valence-corrected chi connectivity index (χ2v) is 4.32. The zero-order valence-corrected chi connectivity index (χ0v) is 14.0. The van der Waals surface area contributed by atoms with E-state index in [0.717, 1.165) is 23.5 Å². The van der Waals surface area contributed by atoms with Gasteiger partial charge in [0.05, 0.1) is 6.33 Å². The SMILES string of the molecule is C=CC.CC.CC(C)=CCNc1ncnc2ncn(C)c12. The van der Waals surface area contributed by atoms with E-state index in [2.05, 4.69) is 46.8 Å². The molecule has 2 aromatic heterocycles. The summed E-state index contributed by atoms with van der Waals surface area (Å²) in [5.74, 6) is 0.822. The molecule has 0 aromatic carbocycles. The molecular weight excluding hydrogens is 262 g/mol. The number of fused-ring (bicyclic) bond motifs is 1. The van der Waals surface area contributed by atoms with E-state index in [1.807, 2.05) is 32.4 Å². The topological polar surface area (TPSA) is 55.6 Å². The van der Waals surface area contributed by atoms with E-state index in [1.165, 1.54) is 11.9 Å².